The van der Waals surface area contributed by atoms with Gasteiger partial charge in [-0.15, -0.1) is 0 Å². The van der Waals surface area contributed by atoms with Gasteiger partial charge in [-0.3, -0.25) is 0 Å². The number of halogens is 1. The molecule has 0 aliphatic carbocycles. The van der Waals surface area contributed by atoms with E-state index in [9.17, 15) is 5.26 Å². The Kier molecular flexibility index (Phi) is 3.22. The van der Waals surface area contributed by atoms with Crippen LogP contribution in [0.3, 0.4) is 0 Å². The maximum atomic E-state index is 9.34. The van der Waals surface area contributed by atoms with E-state index in [0.717, 1.165) is 16.5 Å². The first kappa shape index (κ1) is 12.8. The third-order valence-electron chi connectivity index (χ3n) is 3.52. The highest BCUT2D eigenvalue weighted by atomic mass is 35.5. The number of hydrogen-bond donors (Lipinski definition) is 0. The number of nitriles is 1. The summed E-state index contributed by atoms with van der Waals surface area (Å²) in [5.74, 6) is 0. The molecule has 0 fully saturated rings. The van der Waals surface area contributed by atoms with Gasteiger partial charge in [0.25, 0.3) is 0 Å². The van der Waals surface area contributed by atoms with Gasteiger partial charge in [-0.2, -0.15) is 5.26 Å². The Hall–Kier alpha value is -2.24. The molecule has 20 heavy (non-hydrogen) atoms. The standard InChI is InChI=1S/C17H13ClN2/c1-12-6-5-9-14-15(10-19)17(18)20(16(12)14)11-13-7-3-2-4-8-13/h2-9H,11H2,1H3. The Morgan fingerprint density at radius 1 is 1.10 bits per heavy atom. The third kappa shape index (κ3) is 1.97. The molecule has 0 spiro atoms. The third-order valence-corrected chi connectivity index (χ3v) is 3.91. The van der Waals surface area contributed by atoms with Crippen LogP contribution in [0, 0.1) is 18.3 Å². The molecule has 1 heterocycles. The van der Waals surface area contributed by atoms with E-state index in [0.29, 0.717) is 17.3 Å². The number of hydrogen-bond acceptors (Lipinski definition) is 1. The molecule has 0 unspecified atom stereocenters. The summed E-state index contributed by atoms with van der Waals surface area (Å²) in [4.78, 5) is 0. The molecule has 0 atom stereocenters. The molecular weight excluding hydrogens is 268 g/mol. The summed E-state index contributed by atoms with van der Waals surface area (Å²) in [5.41, 5.74) is 3.89. The molecule has 0 bridgehead atoms. The quantitative estimate of drug-likeness (QED) is 0.678. The van der Waals surface area contributed by atoms with Crippen LogP contribution in [0.5, 0.6) is 0 Å². The van der Waals surface area contributed by atoms with Crippen LogP contribution in [0.4, 0.5) is 0 Å². The molecule has 1 aromatic heterocycles. The number of rotatable bonds is 2. The van der Waals surface area contributed by atoms with Crippen LogP contribution in [-0.4, -0.2) is 4.57 Å². The summed E-state index contributed by atoms with van der Waals surface area (Å²) < 4.78 is 2.01. The smallest absolute Gasteiger partial charge is 0.128 e. The number of aromatic nitrogens is 1. The predicted octanol–water partition coefficient (Wildman–Crippen LogP) is 4.52. The average Bonchev–Trinajstić information content (AvgIpc) is 2.73. The lowest BCUT2D eigenvalue weighted by atomic mass is 10.1. The highest BCUT2D eigenvalue weighted by Crippen LogP contribution is 2.32. The van der Waals surface area contributed by atoms with Crippen LogP contribution in [0.2, 0.25) is 5.15 Å². The zero-order valence-electron chi connectivity index (χ0n) is 11.1. The van der Waals surface area contributed by atoms with Crippen molar-refractivity contribution in [2.75, 3.05) is 0 Å². The van der Waals surface area contributed by atoms with Crippen molar-refractivity contribution in [1.29, 1.82) is 5.26 Å². The number of para-hydroxylation sites is 1. The van der Waals surface area contributed by atoms with E-state index in [-0.39, 0.29) is 0 Å². The first-order valence-corrected chi connectivity index (χ1v) is 6.81. The fourth-order valence-electron chi connectivity index (χ4n) is 2.58. The average molecular weight is 281 g/mol. The lowest BCUT2D eigenvalue weighted by Crippen LogP contribution is -2.00. The number of benzene rings is 2. The van der Waals surface area contributed by atoms with Gasteiger partial charge in [0.15, 0.2) is 0 Å². The van der Waals surface area contributed by atoms with Crippen LogP contribution < -0.4 is 0 Å². The van der Waals surface area contributed by atoms with Gasteiger partial charge in [-0.05, 0) is 18.1 Å². The minimum absolute atomic E-state index is 0.514. The molecule has 2 nitrogen and oxygen atoms in total. The monoisotopic (exact) mass is 280 g/mol. The molecule has 0 saturated heterocycles. The fraction of sp³-hybridized carbons (Fsp3) is 0.118. The first-order valence-electron chi connectivity index (χ1n) is 6.43. The van der Waals surface area contributed by atoms with Crippen molar-refractivity contribution in [3.8, 4) is 6.07 Å². The Bertz CT molecular complexity index is 810. The van der Waals surface area contributed by atoms with E-state index < -0.39 is 0 Å². The normalized spacial score (nSPS) is 10.7. The second kappa shape index (κ2) is 5.03. The van der Waals surface area contributed by atoms with Gasteiger partial charge in [0.05, 0.1) is 11.1 Å². The summed E-state index contributed by atoms with van der Waals surface area (Å²) >= 11 is 6.41. The Balaban J connectivity index is 2.25. The molecule has 0 aliphatic rings. The molecule has 0 amide bonds. The van der Waals surface area contributed by atoms with Gasteiger partial charge in [0, 0.05) is 11.9 Å². The van der Waals surface area contributed by atoms with E-state index in [2.05, 4.69) is 18.2 Å². The molecule has 2 aromatic carbocycles. The maximum Gasteiger partial charge on any atom is 0.128 e. The van der Waals surface area contributed by atoms with Crippen molar-refractivity contribution in [1.82, 2.24) is 4.57 Å². The van der Waals surface area contributed by atoms with Crippen LogP contribution in [0.25, 0.3) is 10.9 Å². The second-order valence-electron chi connectivity index (χ2n) is 4.82. The van der Waals surface area contributed by atoms with E-state index in [1.165, 1.54) is 5.56 Å². The molecule has 0 radical (unpaired) electrons. The highest BCUT2D eigenvalue weighted by molar-refractivity contribution is 6.32. The minimum Gasteiger partial charge on any atom is -0.326 e. The lowest BCUT2D eigenvalue weighted by Gasteiger charge is -2.09. The van der Waals surface area contributed by atoms with Crippen LogP contribution in [-0.2, 0) is 6.54 Å². The fourth-order valence-corrected chi connectivity index (χ4v) is 2.87. The second-order valence-corrected chi connectivity index (χ2v) is 5.18. The highest BCUT2D eigenvalue weighted by Gasteiger charge is 2.16. The molecular formula is C17H13ClN2. The maximum absolute atomic E-state index is 9.34. The van der Waals surface area contributed by atoms with E-state index >= 15 is 0 Å². The molecule has 3 heteroatoms. The zero-order valence-corrected chi connectivity index (χ0v) is 11.9. The summed E-state index contributed by atoms with van der Waals surface area (Å²) in [7, 11) is 0. The van der Waals surface area contributed by atoms with Crippen molar-refractivity contribution in [3.63, 3.8) is 0 Å². The van der Waals surface area contributed by atoms with Gasteiger partial charge in [0.1, 0.15) is 11.2 Å². The van der Waals surface area contributed by atoms with E-state index in [1.54, 1.807) is 0 Å². The molecule has 0 saturated carbocycles. The van der Waals surface area contributed by atoms with Gasteiger partial charge in [-0.1, -0.05) is 60.1 Å². The predicted molar refractivity (Wildman–Crippen MR) is 81.9 cm³/mol. The van der Waals surface area contributed by atoms with Gasteiger partial charge in [-0.25, -0.2) is 0 Å². The number of fused-ring (bicyclic) bond motifs is 1. The van der Waals surface area contributed by atoms with Crippen molar-refractivity contribution < 1.29 is 0 Å². The van der Waals surface area contributed by atoms with Crippen molar-refractivity contribution in [2.24, 2.45) is 0 Å². The first-order chi connectivity index (χ1) is 9.72. The topological polar surface area (TPSA) is 28.7 Å². The SMILES string of the molecule is Cc1cccc2c(C#N)c(Cl)n(Cc3ccccc3)c12. The Morgan fingerprint density at radius 3 is 2.55 bits per heavy atom. The van der Waals surface area contributed by atoms with Crippen LogP contribution in [0.15, 0.2) is 48.5 Å². The Morgan fingerprint density at radius 2 is 1.85 bits per heavy atom. The van der Waals surface area contributed by atoms with Crippen molar-refractivity contribution >= 4 is 22.5 Å². The largest absolute Gasteiger partial charge is 0.326 e. The zero-order chi connectivity index (χ0) is 14.1. The molecule has 0 aliphatic heterocycles. The molecule has 0 N–H and O–H groups in total. The number of nitrogens with zero attached hydrogens (tertiary/aromatic N) is 2. The summed E-state index contributed by atoms with van der Waals surface area (Å²) in [6.07, 6.45) is 0. The van der Waals surface area contributed by atoms with Gasteiger partial charge in [0.2, 0.25) is 0 Å². The van der Waals surface area contributed by atoms with E-state index in [4.69, 9.17) is 11.6 Å². The lowest BCUT2D eigenvalue weighted by molar-refractivity contribution is 0.834. The van der Waals surface area contributed by atoms with Crippen LogP contribution in [0.1, 0.15) is 16.7 Å². The van der Waals surface area contributed by atoms with E-state index in [1.807, 2.05) is 47.9 Å². The summed E-state index contributed by atoms with van der Waals surface area (Å²) in [5, 5.41) is 10.8. The van der Waals surface area contributed by atoms with Gasteiger partial charge < -0.3 is 4.57 Å². The van der Waals surface area contributed by atoms with Crippen molar-refractivity contribution in [3.05, 3.63) is 70.4 Å². The van der Waals surface area contributed by atoms with Gasteiger partial charge >= 0.3 is 0 Å². The molecule has 3 rings (SSSR count). The summed E-state index contributed by atoms with van der Waals surface area (Å²) in [6, 6.07) is 18.3. The minimum atomic E-state index is 0.514. The van der Waals surface area contributed by atoms with Crippen LogP contribution >= 0.6 is 11.6 Å². The number of aryl methyl sites for hydroxylation is 1. The molecule has 3 aromatic rings. The molecule has 98 valence electrons. The summed E-state index contributed by atoms with van der Waals surface area (Å²) in [6.45, 7) is 2.71. The van der Waals surface area contributed by atoms with Crippen molar-refractivity contribution in [2.45, 2.75) is 13.5 Å². The Labute approximate surface area is 122 Å².